The molecule has 2 aromatic carbocycles. The second-order valence-corrected chi connectivity index (χ2v) is 6.86. The summed E-state index contributed by atoms with van der Waals surface area (Å²) in [6.07, 6.45) is 1.64. The lowest BCUT2D eigenvalue weighted by molar-refractivity contribution is 0.395. The Morgan fingerprint density at radius 1 is 1.08 bits per heavy atom. The van der Waals surface area contributed by atoms with E-state index < -0.39 is 10.0 Å². The molecule has 0 fully saturated rings. The molecular weight excluding hydrogens is 330 g/mol. The van der Waals surface area contributed by atoms with E-state index in [1.807, 2.05) is 11.6 Å². The largest absolute Gasteiger partial charge is 0.497 e. The molecular formula is C16H17N3O4S. The second kappa shape index (κ2) is 6.04. The van der Waals surface area contributed by atoms with Gasteiger partial charge in [-0.25, -0.2) is 13.4 Å². The Morgan fingerprint density at radius 3 is 2.58 bits per heavy atom. The number of fused-ring (bicyclic) bond motifs is 1. The molecule has 0 radical (unpaired) electrons. The molecule has 7 nitrogen and oxygen atoms in total. The number of sulfonamides is 1. The monoisotopic (exact) mass is 347 g/mol. The minimum atomic E-state index is -3.77. The van der Waals surface area contributed by atoms with E-state index in [1.165, 1.54) is 20.3 Å². The molecule has 1 N–H and O–H groups in total. The molecule has 3 aromatic rings. The molecule has 0 atom stereocenters. The normalized spacial score (nSPS) is 11.5. The van der Waals surface area contributed by atoms with Crippen LogP contribution in [0.4, 0.5) is 5.69 Å². The van der Waals surface area contributed by atoms with Crippen LogP contribution in [0.3, 0.4) is 0 Å². The van der Waals surface area contributed by atoms with Crippen molar-refractivity contribution in [2.45, 2.75) is 4.90 Å². The summed E-state index contributed by atoms with van der Waals surface area (Å²) in [7, 11) is 1.08. The summed E-state index contributed by atoms with van der Waals surface area (Å²) >= 11 is 0. The van der Waals surface area contributed by atoms with Crippen molar-refractivity contribution >= 4 is 26.7 Å². The predicted octanol–water partition coefficient (Wildman–Crippen LogP) is 2.39. The first-order valence-corrected chi connectivity index (χ1v) is 8.59. The van der Waals surface area contributed by atoms with E-state index >= 15 is 0 Å². The maximum absolute atomic E-state index is 12.6. The standard InChI is InChI=1S/C16H17N3O4S/c1-19-10-17-14-9-12(5-7-15(14)19)24(20,21)18-13-6-4-11(22-2)8-16(13)23-3/h4-10,18H,1-3H3. The van der Waals surface area contributed by atoms with Gasteiger partial charge >= 0.3 is 0 Å². The van der Waals surface area contributed by atoms with Gasteiger partial charge in [0.1, 0.15) is 11.5 Å². The molecule has 0 aliphatic rings. The van der Waals surface area contributed by atoms with Crippen molar-refractivity contribution in [3.05, 3.63) is 42.7 Å². The number of aryl methyl sites for hydroxylation is 1. The molecule has 8 heteroatoms. The van der Waals surface area contributed by atoms with Crippen LogP contribution in [0.15, 0.2) is 47.6 Å². The van der Waals surface area contributed by atoms with Crippen LogP contribution < -0.4 is 14.2 Å². The number of rotatable bonds is 5. The van der Waals surface area contributed by atoms with Gasteiger partial charge in [0.2, 0.25) is 0 Å². The molecule has 0 bridgehead atoms. The number of anilines is 1. The lowest BCUT2D eigenvalue weighted by Crippen LogP contribution is -2.13. The van der Waals surface area contributed by atoms with Crippen LogP contribution >= 0.6 is 0 Å². The number of methoxy groups -OCH3 is 2. The van der Waals surface area contributed by atoms with Crippen molar-refractivity contribution in [2.75, 3.05) is 18.9 Å². The molecule has 0 saturated heterocycles. The van der Waals surface area contributed by atoms with Crippen LogP contribution in [0.2, 0.25) is 0 Å². The highest BCUT2D eigenvalue weighted by molar-refractivity contribution is 7.92. The summed E-state index contributed by atoms with van der Waals surface area (Å²) in [6, 6.07) is 9.66. The predicted molar refractivity (Wildman–Crippen MR) is 91.1 cm³/mol. The maximum Gasteiger partial charge on any atom is 0.262 e. The average Bonchev–Trinajstić information content (AvgIpc) is 2.95. The summed E-state index contributed by atoms with van der Waals surface area (Å²) in [5.41, 5.74) is 1.80. The maximum atomic E-state index is 12.6. The van der Waals surface area contributed by atoms with Crippen molar-refractivity contribution in [3.63, 3.8) is 0 Å². The number of aromatic nitrogens is 2. The van der Waals surface area contributed by atoms with Crippen molar-refractivity contribution in [3.8, 4) is 11.5 Å². The van der Waals surface area contributed by atoms with Gasteiger partial charge in [0.25, 0.3) is 10.0 Å². The third kappa shape index (κ3) is 2.88. The van der Waals surface area contributed by atoms with Gasteiger partial charge in [-0.05, 0) is 30.3 Å². The fraction of sp³-hybridized carbons (Fsp3) is 0.188. The van der Waals surface area contributed by atoms with Crippen LogP contribution in [0.5, 0.6) is 11.5 Å². The highest BCUT2D eigenvalue weighted by Crippen LogP contribution is 2.31. The quantitative estimate of drug-likeness (QED) is 0.766. The minimum absolute atomic E-state index is 0.131. The van der Waals surface area contributed by atoms with Crippen molar-refractivity contribution in [2.24, 2.45) is 7.05 Å². The lowest BCUT2D eigenvalue weighted by Gasteiger charge is -2.13. The van der Waals surface area contributed by atoms with Crippen LogP contribution in [0.25, 0.3) is 11.0 Å². The highest BCUT2D eigenvalue weighted by atomic mass is 32.2. The second-order valence-electron chi connectivity index (χ2n) is 5.18. The molecule has 24 heavy (non-hydrogen) atoms. The zero-order chi connectivity index (χ0) is 17.3. The number of benzene rings is 2. The molecule has 0 spiro atoms. The number of ether oxygens (including phenoxy) is 2. The molecule has 0 unspecified atom stereocenters. The molecule has 1 heterocycles. The Hall–Kier alpha value is -2.74. The zero-order valence-electron chi connectivity index (χ0n) is 13.5. The average molecular weight is 347 g/mol. The van der Waals surface area contributed by atoms with E-state index in [0.717, 1.165) is 5.52 Å². The minimum Gasteiger partial charge on any atom is -0.497 e. The van der Waals surface area contributed by atoms with Gasteiger partial charge in [-0.1, -0.05) is 0 Å². The van der Waals surface area contributed by atoms with Gasteiger partial charge in [0, 0.05) is 13.1 Å². The molecule has 0 amide bonds. The fourth-order valence-corrected chi connectivity index (χ4v) is 3.46. The summed E-state index contributed by atoms with van der Waals surface area (Å²) in [4.78, 5) is 4.32. The number of hydrogen-bond donors (Lipinski definition) is 1. The van der Waals surface area contributed by atoms with Crippen LogP contribution in [0, 0.1) is 0 Å². The van der Waals surface area contributed by atoms with E-state index in [1.54, 1.807) is 36.7 Å². The Morgan fingerprint density at radius 2 is 1.88 bits per heavy atom. The van der Waals surface area contributed by atoms with Crippen LogP contribution in [-0.2, 0) is 17.1 Å². The van der Waals surface area contributed by atoms with Crippen molar-refractivity contribution in [1.82, 2.24) is 9.55 Å². The van der Waals surface area contributed by atoms with Gasteiger partial charge in [-0.3, -0.25) is 4.72 Å². The molecule has 3 rings (SSSR count). The van der Waals surface area contributed by atoms with Crippen molar-refractivity contribution < 1.29 is 17.9 Å². The van der Waals surface area contributed by atoms with E-state index in [9.17, 15) is 8.42 Å². The molecule has 0 saturated carbocycles. The van der Waals surface area contributed by atoms with Crippen LogP contribution in [-0.4, -0.2) is 32.2 Å². The first kappa shape index (κ1) is 16.1. The number of nitrogens with one attached hydrogen (secondary N) is 1. The summed E-state index contributed by atoms with van der Waals surface area (Å²) in [5, 5.41) is 0. The van der Waals surface area contributed by atoms with E-state index in [4.69, 9.17) is 9.47 Å². The lowest BCUT2D eigenvalue weighted by atomic mass is 10.3. The van der Waals surface area contributed by atoms with Gasteiger partial charge in [0.05, 0.1) is 42.2 Å². The molecule has 0 aliphatic carbocycles. The Balaban J connectivity index is 1.98. The van der Waals surface area contributed by atoms with Crippen molar-refractivity contribution in [1.29, 1.82) is 0 Å². The van der Waals surface area contributed by atoms with Gasteiger partial charge in [-0.15, -0.1) is 0 Å². The number of nitrogens with zero attached hydrogens (tertiary/aromatic N) is 2. The SMILES string of the molecule is COc1ccc(NS(=O)(=O)c2ccc3c(c2)ncn3C)c(OC)c1. The molecule has 1 aromatic heterocycles. The number of hydrogen-bond acceptors (Lipinski definition) is 5. The third-order valence-electron chi connectivity index (χ3n) is 3.66. The Labute approximate surface area is 139 Å². The third-order valence-corrected chi connectivity index (χ3v) is 5.02. The molecule has 0 aliphatic heterocycles. The smallest absolute Gasteiger partial charge is 0.262 e. The first-order valence-electron chi connectivity index (χ1n) is 7.10. The fourth-order valence-electron chi connectivity index (χ4n) is 2.37. The van der Waals surface area contributed by atoms with Crippen LogP contribution in [0.1, 0.15) is 0 Å². The van der Waals surface area contributed by atoms with E-state index in [2.05, 4.69) is 9.71 Å². The first-order chi connectivity index (χ1) is 11.4. The van der Waals surface area contributed by atoms with Gasteiger partial charge in [-0.2, -0.15) is 0 Å². The van der Waals surface area contributed by atoms with E-state index in [-0.39, 0.29) is 4.90 Å². The van der Waals surface area contributed by atoms with Gasteiger partial charge in [0.15, 0.2) is 0 Å². The summed E-state index contributed by atoms with van der Waals surface area (Å²) in [5.74, 6) is 0.946. The topological polar surface area (TPSA) is 82.5 Å². The highest BCUT2D eigenvalue weighted by Gasteiger charge is 2.18. The van der Waals surface area contributed by atoms with E-state index in [0.29, 0.717) is 22.7 Å². The Kier molecular flexibility index (Phi) is 4.06. The Bertz CT molecular complexity index is 996. The number of imidazole rings is 1. The van der Waals surface area contributed by atoms with Gasteiger partial charge < -0.3 is 14.0 Å². The zero-order valence-corrected chi connectivity index (χ0v) is 14.3. The summed E-state index contributed by atoms with van der Waals surface area (Å²) in [6.45, 7) is 0. The molecule has 126 valence electrons. The summed E-state index contributed by atoms with van der Waals surface area (Å²) < 4.78 is 40.0.